The molecule has 1 saturated heterocycles. The summed E-state index contributed by atoms with van der Waals surface area (Å²) in [6, 6.07) is 13.8. The quantitative estimate of drug-likeness (QED) is 0.797. The van der Waals surface area contributed by atoms with E-state index in [2.05, 4.69) is 9.97 Å². The molecule has 2 aromatic heterocycles. The van der Waals surface area contributed by atoms with Gasteiger partial charge in [0.25, 0.3) is 0 Å². The minimum Gasteiger partial charge on any atom is -0.383 e. The number of pyridine rings is 2. The van der Waals surface area contributed by atoms with Crippen LogP contribution in [0.1, 0.15) is 12.8 Å². The molecule has 124 valence electrons. The Hall–Kier alpha value is -3.21. The molecule has 0 radical (unpaired) electrons. The second-order valence-electron chi connectivity index (χ2n) is 6.09. The van der Waals surface area contributed by atoms with Gasteiger partial charge < -0.3 is 10.6 Å². The Morgan fingerprint density at radius 3 is 2.40 bits per heavy atom. The van der Waals surface area contributed by atoms with Crippen LogP contribution in [-0.2, 0) is 4.79 Å². The van der Waals surface area contributed by atoms with Crippen molar-refractivity contribution in [3.05, 3.63) is 61.1 Å². The molecule has 5 nitrogen and oxygen atoms in total. The third kappa shape index (κ3) is 2.96. The molecule has 1 aliphatic heterocycles. The maximum Gasteiger partial charge on any atom is 0.227 e. The fourth-order valence-electron chi connectivity index (χ4n) is 3.15. The minimum atomic E-state index is 0.189. The zero-order chi connectivity index (χ0) is 17.2. The van der Waals surface area contributed by atoms with E-state index in [9.17, 15) is 4.79 Å². The number of amides is 1. The lowest BCUT2D eigenvalue weighted by Gasteiger charge is -2.16. The van der Waals surface area contributed by atoms with Crippen LogP contribution in [0.3, 0.4) is 0 Å². The lowest BCUT2D eigenvalue weighted by Crippen LogP contribution is -2.23. The van der Waals surface area contributed by atoms with Gasteiger partial charge in [-0.05, 0) is 47.9 Å². The highest BCUT2D eigenvalue weighted by Gasteiger charge is 2.21. The predicted molar refractivity (Wildman–Crippen MR) is 98.9 cm³/mol. The lowest BCUT2D eigenvalue weighted by atomic mass is 10.0. The topological polar surface area (TPSA) is 72.1 Å². The van der Waals surface area contributed by atoms with Gasteiger partial charge in [0.05, 0.1) is 0 Å². The van der Waals surface area contributed by atoms with E-state index in [1.807, 2.05) is 47.4 Å². The molecule has 1 aromatic carbocycles. The van der Waals surface area contributed by atoms with Crippen molar-refractivity contribution in [1.29, 1.82) is 0 Å². The van der Waals surface area contributed by atoms with Crippen molar-refractivity contribution in [2.75, 3.05) is 17.2 Å². The van der Waals surface area contributed by atoms with Gasteiger partial charge in [0.1, 0.15) is 5.82 Å². The smallest absolute Gasteiger partial charge is 0.227 e. The van der Waals surface area contributed by atoms with Crippen molar-refractivity contribution in [2.45, 2.75) is 12.8 Å². The first-order valence-corrected chi connectivity index (χ1v) is 8.29. The summed E-state index contributed by atoms with van der Waals surface area (Å²) in [4.78, 5) is 22.1. The normalized spacial score (nSPS) is 14.1. The summed E-state index contributed by atoms with van der Waals surface area (Å²) >= 11 is 0. The van der Waals surface area contributed by atoms with Crippen LogP contribution in [0.15, 0.2) is 61.1 Å². The van der Waals surface area contributed by atoms with Gasteiger partial charge in [-0.15, -0.1) is 0 Å². The van der Waals surface area contributed by atoms with Gasteiger partial charge in [0.15, 0.2) is 0 Å². The summed E-state index contributed by atoms with van der Waals surface area (Å²) < 4.78 is 0. The fourth-order valence-corrected chi connectivity index (χ4v) is 3.15. The zero-order valence-corrected chi connectivity index (χ0v) is 13.7. The Morgan fingerprint density at radius 2 is 1.72 bits per heavy atom. The molecule has 4 rings (SSSR count). The van der Waals surface area contributed by atoms with Gasteiger partial charge in [-0.1, -0.05) is 12.1 Å². The number of nitrogens with zero attached hydrogens (tertiary/aromatic N) is 3. The van der Waals surface area contributed by atoms with Crippen molar-refractivity contribution in [3.8, 4) is 22.3 Å². The van der Waals surface area contributed by atoms with Gasteiger partial charge in [-0.2, -0.15) is 0 Å². The average Bonchev–Trinajstić information content (AvgIpc) is 3.09. The molecular weight excluding hydrogens is 312 g/mol. The molecule has 2 N–H and O–H groups in total. The number of anilines is 2. The number of carbonyl (C=O) groups is 1. The molecule has 1 fully saturated rings. The van der Waals surface area contributed by atoms with Crippen LogP contribution in [0.5, 0.6) is 0 Å². The number of nitrogens with two attached hydrogens (primary N) is 1. The second-order valence-corrected chi connectivity index (χ2v) is 6.09. The molecule has 0 aliphatic carbocycles. The minimum absolute atomic E-state index is 0.189. The maximum absolute atomic E-state index is 11.9. The highest BCUT2D eigenvalue weighted by atomic mass is 16.2. The Balaban J connectivity index is 1.68. The molecule has 0 atom stereocenters. The predicted octanol–water partition coefficient (Wildman–Crippen LogP) is 3.52. The highest BCUT2D eigenvalue weighted by molar-refractivity contribution is 5.95. The monoisotopic (exact) mass is 330 g/mol. The lowest BCUT2D eigenvalue weighted by molar-refractivity contribution is -0.117. The number of aromatic nitrogens is 2. The summed E-state index contributed by atoms with van der Waals surface area (Å²) in [5, 5.41) is 0. The summed E-state index contributed by atoms with van der Waals surface area (Å²) in [6.07, 6.45) is 6.84. The van der Waals surface area contributed by atoms with Crippen LogP contribution in [-0.4, -0.2) is 22.4 Å². The molecule has 3 heterocycles. The first-order chi connectivity index (χ1) is 12.2. The van der Waals surface area contributed by atoms with E-state index >= 15 is 0 Å². The van der Waals surface area contributed by atoms with E-state index in [0.29, 0.717) is 12.2 Å². The van der Waals surface area contributed by atoms with Gasteiger partial charge in [0, 0.05) is 48.4 Å². The number of carbonyl (C=O) groups excluding carboxylic acids is 1. The van der Waals surface area contributed by atoms with Crippen molar-refractivity contribution in [3.63, 3.8) is 0 Å². The van der Waals surface area contributed by atoms with Crippen molar-refractivity contribution < 1.29 is 4.79 Å². The van der Waals surface area contributed by atoms with Gasteiger partial charge >= 0.3 is 0 Å². The van der Waals surface area contributed by atoms with Crippen molar-refractivity contribution >= 4 is 17.4 Å². The number of benzene rings is 1. The molecule has 0 saturated carbocycles. The Bertz CT molecular complexity index is 907. The van der Waals surface area contributed by atoms with Crippen LogP contribution >= 0.6 is 0 Å². The van der Waals surface area contributed by atoms with E-state index in [4.69, 9.17) is 5.73 Å². The summed E-state index contributed by atoms with van der Waals surface area (Å²) in [7, 11) is 0. The van der Waals surface area contributed by atoms with Crippen LogP contribution in [0.4, 0.5) is 11.5 Å². The SMILES string of the molecule is Nc1ncc(-c2ccncc2)cc1-c1ccc(N2CCCC2=O)cc1. The Kier molecular flexibility index (Phi) is 3.90. The van der Waals surface area contributed by atoms with Gasteiger partial charge in [-0.3, -0.25) is 9.78 Å². The van der Waals surface area contributed by atoms with Crippen LogP contribution in [0.25, 0.3) is 22.3 Å². The first kappa shape index (κ1) is 15.3. The summed E-state index contributed by atoms with van der Waals surface area (Å²) in [5.41, 5.74) is 10.9. The first-order valence-electron chi connectivity index (χ1n) is 8.29. The molecule has 3 aromatic rings. The second kappa shape index (κ2) is 6.36. The third-order valence-electron chi connectivity index (χ3n) is 4.50. The standard InChI is InChI=1S/C20H18N4O/c21-20-18(12-16(13-23-20)14-7-9-22-10-8-14)15-3-5-17(6-4-15)24-11-1-2-19(24)25/h3-10,12-13H,1-2,11H2,(H2,21,23). The van der Waals surface area contributed by atoms with Crippen molar-refractivity contribution in [1.82, 2.24) is 9.97 Å². The van der Waals surface area contributed by atoms with Gasteiger partial charge in [0.2, 0.25) is 5.91 Å². The molecule has 0 bridgehead atoms. The molecule has 25 heavy (non-hydrogen) atoms. The zero-order valence-electron chi connectivity index (χ0n) is 13.7. The van der Waals surface area contributed by atoms with E-state index < -0.39 is 0 Å². The molecule has 1 amide bonds. The van der Waals surface area contributed by atoms with Crippen LogP contribution < -0.4 is 10.6 Å². The number of hydrogen-bond donors (Lipinski definition) is 1. The number of nitrogen functional groups attached to an aromatic ring is 1. The van der Waals surface area contributed by atoms with Gasteiger partial charge in [-0.25, -0.2) is 4.98 Å². The van der Waals surface area contributed by atoms with E-state index in [1.165, 1.54) is 0 Å². The largest absolute Gasteiger partial charge is 0.383 e. The average molecular weight is 330 g/mol. The highest BCUT2D eigenvalue weighted by Crippen LogP contribution is 2.31. The molecule has 5 heteroatoms. The third-order valence-corrected chi connectivity index (χ3v) is 4.50. The fraction of sp³-hybridized carbons (Fsp3) is 0.150. The van der Waals surface area contributed by atoms with E-state index in [0.717, 1.165) is 40.9 Å². The molecular formula is C20H18N4O. The van der Waals surface area contributed by atoms with E-state index in [-0.39, 0.29) is 5.91 Å². The van der Waals surface area contributed by atoms with Crippen LogP contribution in [0.2, 0.25) is 0 Å². The number of hydrogen-bond acceptors (Lipinski definition) is 4. The number of rotatable bonds is 3. The molecule has 1 aliphatic rings. The van der Waals surface area contributed by atoms with Crippen molar-refractivity contribution in [2.24, 2.45) is 0 Å². The maximum atomic E-state index is 11.9. The summed E-state index contributed by atoms with van der Waals surface area (Å²) in [6.45, 7) is 0.791. The van der Waals surface area contributed by atoms with E-state index in [1.54, 1.807) is 18.6 Å². The Morgan fingerprint density at radius 1 is 0.960 bits per heavy atom. The molecule has 0 spiro atoms. The summed E-state index contributed by atoms with van der Waals surface area (Å²) in [5.74, 6) is 0.677. The van der Waals surface area contributed by atoms with Crippen LogP contribution in [0, 0.1) is 0 Å². The molecule has 0 unspecified atom stereocenters. The Labute approximate surface area is 146 Å².